The van der Waals surface area contributed by atoms with Gasteiger partial charge in [0.05, 0.1) is 12.5 Å². The molecule has 5 nitrogen and oxygen atoms in total. The maximum Gasteiger partial charge on any atom is 0.308 e. The maximum atomic E-state index is 12.7. The summed E-state index contributed by atoms with van der Waals surface area (Å²) in [4.78, 5) is 19.8. The van der Waals surface area contributed by atoms with E-state index in [1.165, 1.54) is 110 Å². The lowest BCUT2D eigenvalue weighted by Crippen LogP contribution is -2.28. The Morgan fingerprint density at radius 3 is 1.90 bits per heavy atom. The summed E-state index contributed by atoms with van der Waals surface area (Å²) in [5, 5.41) is 0. The fourth-order valence-corrected chi connectivity index (χ4v) is 5.46. The number of esters is 1. The third-order valence-corrected chi connectivity index (χ3v) is 8.13. The first kappa shape index (κ1) is 35.7. The minimum Gasteiger partial charge on any atom is -0.465 e. The summed E-state index contributed by atoms with van der Waals surface area (Å²) < 4.78 is 8.02. The number of rotatable bonds is 28. The van der Waals surface area contributed by atoms with Gasteiger partial charge in [0.25, 0.3) is 0 Å². The van der Waals surface area contributed by atoms with Gasteiger partial charge in [0, 0.05) is 18.9 Å². The molecular formula is C34H65N3O2. The van der Waals surface area contributed by atoms with Crippen LogP contribution in [0.3, 0.4) is 0 Å². The molecule has 0 aliphatic rings. The van der Waals surface area contributed by atoms with Gasteiger partial charge in [-0.2, -0.15) is 0 Å². The summed E-state index contributed by atoms with van der Waals surface area (Å²) >= 11 is 0. The predicted octanol–water partition coefficient (Wildman–Crippen LogP) is 9.51. The van der Waals surface area contributed by atoms with Crippen molar-refractivity contribution < 1.29 is 9.53 Å². The van der Waals surface area contributed by atoms with Crippen molar-refractivity contribution in [1.29, 1.82) is 0 Å². The fraction of sp³-hybridized carbons (Fsp3) is 0.882. The predicted molar refractivity (Wildman–Crippen MR) is 167 cm³/mol. The highest BCUT2D eigenvalue weighted by molar-refractivity contribution is 5.72. The molecule has 0 radical (unpaired) electrons. The normalized spacial score (nSPS) is 12.3. The van der Waals surface area contributed by atoms with E-state index in [1.54, 1.807) is 0 Å². The largest absolute Gasteiger partial charge is 0.465 e. The molecule has 5 heteroatoms. The second-order valence-electron chi connectivity index (χ2n) is 11.8. The summed E-state index contributed by atoms with van der Waals surface area (Å²) in [6, 6.07) is 0. The molecular weight excluding hydrogens is 482 g/mol. The first-order chi connectivity index (χ1) is 19.1. The standard InChI is InChI=1S/C34H65N3O2/c1-5-8-11-13-14-18-24-33(23-10-7-3)34(38)39-31-21-17-16-20-27-36(26-19-15-12-9-6-2)28-22-29-37-30-25-35-32(37)4/h25,30,33H,5-24,26-29,31H2,1-4H3. The van der Waals surface area contributed by atoms with E-state index in [-0.39, 0.29) is 11.9 Å². The molecule has 0 aromatic carbocycles. The Morgan fingerprint density at radius 2 is 1.28 bits per heavy atom. The van der Waals surface area contributed by atoms with Crippen molar-refractivity contribution in [3.05, 3.63) is 18.2 Å². The third-order valence-electron chi connectivity index (χ3n) is 8.13. The maximum absolute atomic E-state index is 12.7. The van der Waals surface area contributed by atoms with Crippen LogP contribution in [0.5, 0.6) is 0 Å². The Balaban J connectivity index is 2.24. The molecule has 0 bridgehead atoms. The first-order valence-electron chi connectivity index (χ1n) is 17.0. The molecule has 1 rings (SSSR count). The van der Waals surface area contributed by atoms with Crippen LogP contribution in [0.1, 0.15) is 155 Å². The van der Waals surface area contributed by atoms with Crippen LogP contribution >= 0.6 is 0 Å². The van der Waals surface area contributed by atoms with Gasteiger partial charge in [-0.1, -0.05) is 111 Å². The topological polar surface area (TPSA) is 47.4 Å². The smallest absolute Gasteiger partial charge is 0.308 e. The molecule has 0 aliphatic heterocycles. The number of carbonyl (C=O) groups excluding carboxylic acids is 1. The van der Waals surface area contributed by atoms with Crippen molar-refractivity contribution in [2.24, 2.45) is 5.92 Å². The van der Waals surface area contributed by atoms with Crippen LogP contribution in [0.2, 0.25) is 0 Å². The third kappa shape index (κ3) is 19.4. The number of hydrogen-bond donors (Lipinski definition) is 0. The Kier molecular flexibility index (Phi) is 23.4. The molecule has 1 aromatic heterocycles. The van der Waals surface area contributed by atoms with Crippen molar-refractivity contribution in [3.8, 4) is 0 Å². The number of ether oxygens (including phenoxy) is 1. The van der Waals surface area contributed by atoms with Crippen LogP contribution in [0.4, 0.5) is 0 Å². The van der Waals surface area contributed by atoms with E-state index in [0.717, 1.165) is 50.9 Å². The summed E-state index contributed by atoms with van der Waals surface area (Å²) in [5.74, 6) is 1.30. The van der Waals surface area contributed by atoms with E-state index in [4.69, 9.17) is 4.74 Å². The molecule has 0 aliphatic carbocycles. The van der Waals surface area contributed by atoms with E-state index in [0.29, 0.717) is 6.61 Å². The Labute approximate surface area is 242 Å². The van der Waals surface area contributed by atoms with Gasteiger partial charge in [-0.15, -0.1) is 0 Å². The van der Waals surface area contributed by atoms with Crippen LogP contribution in [0.25, 0.3) is 0 Å². The van der Waals surface area contributed by atoms with E-state index in [9.17, 15) is 4.79 Å². The van der Waals surface area contributed by atoms with Gasteiger partial charge in [0.15, 0.2) is 0 Å². The summed E-state index contributed by atoms with van der Waals surface area (Å²) in [7, 11) is 0. The Bertz CT molecular complexity index is 675. The van der Waals surface area contributed by atoms with Crippen molar-refractivity contribution in [2.75, 3.05) is 26.2 Å². The van der Waals surface area contributed by atoms with Gasteiger partial charge >= 0.3 is 5.97 Å². The van der Waals surface area contributed by atoms with E-state index < -0.39 is 0 Å². The number of hydrogen-bond acceptors (Lipinski definition) is 4. The molecule has 0 N–H and O–H groups in total. The van der Waals surface area contributed by atoms with Crippen LogP contribution in [0, 0.1) is 12.8 Å². The zero-order valence-corrected chi connectivity index (χ0v) is 26.6. The molecule has 39 heavy (non-hydrogen) atoms. The quantitative estimate of drug-likeness (QED) is 0.0774. The monoisotopic (exact) mass is 548 g/mol. The van der Waals surface area contributed by atoms with Gasteiger partial charge in [-0.25, -0.2) is 4.98 Å². The van der Waals surface area contributed by atoms with Crippen molar-refractivity contribution in [3.63, 3.8) is 0 Å². The summed E-state index contributed by atoms with van der Waals surface area (Å²) in [6.45, 7) is 14.1. The molecule has 0 saturated carbocycles. The second-order valence-corrected chi connectivity index (χ2v) is 11.8. The highest BCUT2D eigenvalue weighted by atomic mass is 16.5. The molecule has 1 unspecified atom stereocenters. The van der Waals surface area contributed by atoms with Gasteiger partial charge in [0.2, 0.25) is 0 Å². The molecule has 0 spiro atoms. The molecule has 0 amide bonds. The van der Waals surface area contributed by atoms with Gasteiger partial charge in [0.1, 0.15) is 5.82 Å². The number of aryl methyl sites for hydroxylation is 2. The lowest BCUT2D eigenvalue weighted by atomic mass is 9.95. The van der Waals surface area contributed by atoms with Gasteiger partial charge in [-0.05, 0) is 65.1 Å². The molecule has 1 heterocycles. The minimum absolute atomic E-state index is 0.0689. The fourth-order valence-electron chi connectivity index (χ4n) is 5.46. The number of aromatic nitrogens is 2. The molecule has 228 valence electrons. The van der Waals surface area contributed by atoms with E-state index in [2.05, 4.69) is 48.3 Å². The number of nitrogens with zero attached hydrogens (tertiary/aromatic N) is 3. The molecule has 1 aromatic rings. The summed E-state index contributed by atoms with van der Waals surface area (Å²) in [5.41, 5.74) is 0. The molecule has 1 atom stereocenters. The number of carbonyl (C=O) groups is 1. The van der Waals surface area contributed by atoms with Crippen molar-refractivity contribution in [1.82, 2.24) is 14.5 Å². The zero-order valence-electron chi connectivity index (χ0n) is 26.6. The van der Waals surface area contributed by atoms with Crippen LogP contribution < -0.4 is 0 Å². The van der Waals surface area contributed by atoms with Crippen LogP contribution in [-0.4, -0.2) is 46.7 Å². The Hall–Kier alpha value is -1.36. The second kappa shape index (κ2) is 25.6. The Morgan fingerprint density at radius 1 is 0.744 bits per heavy atom. The number of unbranched alkanes of at least 4 members (excludes halogenated alkanes) is 13. The molecule has 0 saturated heterocycles. The van der Waals surface area contributed by atoms with Crippen LogP contribution in [-0.2, 0) is 16.1 Å². The van der Waals surface area contributed by atoms with Gasteiger partial charge < -0.3 is 14.2 Å². The number of imidazole rings is 1. The van der Waals surface area contributed by atoms with Gasteiger partial charge in [-0.3, -0.25) is 4.79 Å². The average Bonchev–Trinajstić information content (AvgIpc) is 3.35. The van der Waals surface area contributed by atoms with Crippen molar-refractivity contribution in [2.45, 2.75) is 163 Å². The van der Waals surface area contributed by atoms with E-state index >= 15 is 0 Å². The molecule has 0 fully saturated rings. The zero-order chi connectivity index (χ0) is 28.4. The highest BCUT2D eigenvalue weighted by Gasteiger charge is 2.19. The minimum atomic E-state index is 0.0689. The SMILES string of the molecule is CCCCCCCCC(CCCC)C(=O)OCCCCCCN(CCCCCCC)CCCn1ccnc1C. The average molecular weight is 548 g/mol. The first-order valence-corrected chi connectivity index (χ1v) is 17.0. The van der Waals surface area contributed by atoms with Crippen molar-refractivity contribution >= 4 is 5.97 Å². The van der Waals surface area contributed by atoms with E-state index in [1.807, 2.05) is 6.20 Å². The van der Waals surface area contributed by atoms with Crippen LogP contribution in [0.15, 0.2) is 12.4 Å². The highest BCUT2D eigenvalue weighted by Crippen LogP contribution is 2.20. The lowest BCUT2D eigenvalue weighted by Gasteiger charge is -2.22. The lowest BCUT2D eigenvalue weighted by molar-refractivity contribution is -0.149. The summed E-state index contributed by atoms with van der Waals surface area (Å²) in [6.07, 6.45) is 28.5.